The smallest absolute Gasteiger partial charge is 0.280 e. The number of hydrazone groups is 1. The van der Waals surface area contributed by atoms with Gasteiger partial charge < -0.3 is 9.32 Å². The maximum Gasteiger partial charge on any atom is 0.280 e. The summed E-state index contributed by atoms with van der Waals surface area (Å²) in [6.45, 7) is 3.85. The largest absolute Gasteiger partial charge is 0.440 e. The Hall–Kier alpha value is -2.34. The van der Waals surface area contributed by atoms with Crippen LogP contribution in [-0.4, -0.2) is 24.7 Å². The highest BCUT2D eigenvalue weighted by Gasteiger charge is 2.29. The average Bonchev–Trinajstić information content (AvgIpc) is 3.32. The van der Waals surface area contributed by atoms with Gasteiger partial charge in [-0.05, 0) is 53.9 Å². The topological polar surface area (TPSA) is 49.1 Å². The molecule has 128 valence electrons. The van der Waals surface area contributed by atoms with Crippen molar-refractivity contribution in [1.29, 1.82) is 0 Å². The molecule has 6 heteroatoms. The summed E-state index contributed by atoms with van der Waals surface area (Å²) >= 11 is 3.57. The van der Waals surface area contributed by atoms with Crippen molar-refractivity contribution < 1.29 is 9.21 Å². The van der Waals surface area contributed by atoms with Gasteiger partial charge in [0.1, 0.15) is 5.76 Å². The van der Waals surface area contributed by atoms with Crippen molar-refractivity contribution in [2.75, 3.05) is 23.0 Å². The van der Waals surface area contributed by atoms with E-state index in [9.17, 15) is 4.79 Å². The minimum absolute atomic E-state index is 0.140. The third kappa shape index (κ3) is 3.02. The highest BCUT2D eigenvalue weighted by molar-refractivity contribution is 9.10. The summed E-state index contributed by atoms with van der Waals surface area (Å²) in [5.74, 6) is 1.35. The summed E-state index contributed by atoms with van der Waals surface area (Å²) in [5, 5.41) is 5.82. The van der Waals surface area contributed by atoms with Crippen molar-refractivity contribution in [3.05, 3.63) is 52.2 Å². The summed E-state index contributed by atoms with van der Waals surface area (Å²) in [6, 6.07) is 11.3. The van der Waals surface area contributed by atoms with E-state index in [1.807, 2.05) is 43.3 Å². The molecule has 0 radical (unpaired) electrons. The zero-order chi connectivity index (χ0) is 17.4. The van der Waals surface area contributed by atoms with Crippen molar-refractivity contribution in [1.82, 2.24) is 0 Å². The van der Waals surface area contributed by atoms with Gasteiger partial charge in [-0.15, -0.1) is 0 Å². The van der Waals surface area contributed by atoms with E-state index in [1.165, 1.54) is 17.9 Å². The van der Waals surface area contributed by atoms with Crippen LogP contribution in [0.5, 0.6) is 0 Å². The Bertz CT molecular complexity index is 864. The van der Waals surface area contributed by atoms with Crippen LogP contribution in [0.3, 0.4) is 0 Å². The van der Waals surface area contributed by atoms with Crippen LogP contribution in [0.2, 0.25) is 0 Å². The van der Waals surface area contributed by atoms with Crippen molar-refractivity contribution in [2.45, 2.75) is 19.8 Å². The van der Waals surface area contributed by atoms with E-state index < -0.39 is 0 Å². The SMILES string of the molecule is CC1=NN(c2ccccc2)C(=O)/C1=C/c1cc(Br)c(N2CCCC2)o1. The molecule has 2 aromatic rings. The minimum atomic E-state index is -0.140. The molecule has 0 aliphatic carbocycles. The molecule has 1 aromatic heterocycles. The van der Waals surface area contributed by atoms with Crippen LogP contribution in [-0.2, 0) is 4.79 Å². The van der Waals surface area contributed by atoms with E-state index in [1.54, 1.807) is 6.08 Å². The lowest BCUT2D eigenvalue weighted by molar-refractivity contribution is -0.114. The number of anilines is 2. The Balaban J connectivity index is 1.63. The van der Waals surface area contributed by atoms with Gasteiger partial charge in [-0.3, -0.25) is 4.79 Å². The summed E-state index contributed by atoms with van der Waals surface area (Å²) in [5.41, 5.74) is 2.00. The number of benzene rings is 1. The maximum atomic E-state index is 12.7. The second-order valence-corrected chi connectivity index (χ2v) is 7.05. The molecule has 25 heavy (non-hydrogen) atoms. The number of furan rings is 1. The fourth-order valence-corrected chi connectivity index (χ4v) is 3.71. The molecule has 2 aliphatic rings. The van der Waals surface area contributed by atoms with Gasteiger partial charge in [0, 0.05) is 19.2 Å². The number of nitrogens with zero attached hydrogens (tertiary/aromatic N) is 3. The molecular formula is C19H18BrN3O2. The van der Waals surface area contributed by atoms with Crippen LogP contribution in [0, 0.1) is 0 Å². The number of carbonyl (C=O) groups is 1. The monoisotopic (exact) mass is 399 g/mol. The van der Waals surface area contributed by atoms with Crippen LogP contribution in [0.25, 0.3) is 6.08 Å². The van der Waals surface area contributed by atoms with Crippen molar-refractivity contribution in [3.8, 4) is 0 Å². The highest BCUT2D eigenvalue weighted by Crippen LogP contribution is 2.34. The van der Waals surface area contributed by atoms with Crippen LogP contribution in [0.15, 0.2) is 56.0 Å². The first-order valence-corrected chi connectivity index (χ1v) is 9.14. The van der Waals surface area contributed by atoms with Crippen LogP contribution in [0.1, 0.15) is 25.5 Å². The number of halogens is 1. The summed E-state index contributed by atoms with van der Waals surface area (Å²) < 4.78 is 6.89. The normalized spacial score (nSPS) is 19.2. The zero-order valence-corrected chi connectivity index (χ0v) is 15.5. The van der Waals surface area contributed by atoms with E-state index in [-0.39, 0.29) is 5.91 Å². The molecule has 2 aliphatic heterocycles. The first-order valence-electron chi connectivity index (χ1n) is 8.34. The van der Waals surface area contributed by atoms with Crippen LogP contribution < -0.4 is 9.91 Å². The lowest BCUT2D eigenvalue weighted by atomic mass is 10.1. The van der Waals surface area contributed by atoms with E-state index in [2.05, 4.69) is 25.9 Å². The Kier molecular flexibility index (Phi) is 4.21. The van der Waals surface area contributed by atoms with E-state index in [4.69, 9.17) is 4.42 Å². The predicted molar refractivity (Wildman–Crippen MR) is 103 cm³/mol. The number of hydrogen-bond donors (Lipinski definition) is 0. The molecule has 0 unspecified atom stereocenters. The maximum absolute atomic E-state index is 12.7. The van der Waals surface area contributed by atoms with Gasteiger partial charge in [-0.25, -0.2) is 0 Å². The van der Waals surface area contributed by atoms with E-state index in [0.29, 0.717) is 17.0 Å². The first kappa shape index (κ1) is 16.1. The number of rotatable bonds is 3. The Morgan fingerprint density at radius 2 is 1.92 bits per heavy atom. The zero-order valence-electron chi connectivity index (χ0n) is 13.9. The summed E-state index contributed by atoms with van der Waals surface area (Å²) in [6.07, 6.45) is 4.13. The molecular weight excluding hydrogens is 382 g/mol. The molecule has 1 amide bonds. The molecule has 4 rings (SSSR count). The Morgan fingerprint density at radius 3 is 2.64 bits per heavy atom. The fourth-order valence-electron chi connectivity index (χ4n) is 3.15. The van der Waals surface area contributed by atoms with Gasteiger partial charge >= 0.3 is 0 Å². The van der Waals surface area contributed by atoms with Crippen molar-refractivity contribution in [2.24, 2.45) is 5.10 Å². The third-order valence-electron chi connectivity index (χ3n) is 4.43. The summed E-state index contributed by atoms with van der Waals surface area (Å²) in [7, 11) is 0. The lowest BCUT2D eigenvalue weighted by Gasteiger charge is -2.13. The van der Waals surface area contributed by atoms with Gasteiger partial charge in [0.2, 0.25) is 5.88 Å². The molecule has 0 spiro atoms. The van der Waals surface area contributed by atoms with E-state index >= 15 is 0 Å². The molecule has 1 aromatic carbocycles. The predicted octanol–water partition coefficient (Wildman–Crippen LogP) is 4.45. The number of carbonyl (C=O) groups excluding carboxylic acids is 1. The van der Waals surface area contributed by atoms with E-state index in [0.717, 1.165) is 29.1 Å². The second-order valence-electron chi connectivity index (χ2n) is 6.19. The number of amides is 1. The molecule has 5 nitrogen and oxygen atoms in total. The van der Waals surface area contributed by atoms with Gasteiger partial charge in [0.25, 0.3) is 5.91 Å². The Labute approximate surface area is 154 Å². The molecule has 1 fully saturated rings. The highest BCUT2D eigenvalue weighted by atomic mass is 79.9. The number of hydrogen-bond acceptors (Lipinski definition) is 4. The minimum Gasteiger partial charge on any atom is -0.440 e. The third-order valence-corrected chi connectivity index (χ3v) is 5.00. The second kappa shape index (κ2) is 6.52. The quantitative estimate of drug-likeness (QED) is 0.716. The van der Waals surface area contributed by atoms with Crippen LogP contribution >= 0.6 is 15.9 Å². The summed E-state index contributed by atoms with van der Waals surface area (Å²) in [4.78, 5) is 15.0. The van der Waals surface area contributed by atoms with Gasteiger partial charge in [-0.1, -0.05) is 18.2 Å². The molecule has 3 heterocycles. The fraction of sp³-hybridized carbons (Fsp3) is 0.263. The number of para-hydroxylation sites is 1. The average molecular weight is 400 g/mol. The Morgan fingerprint density at radius 1 is 1.20 bits per heavy atom. The molecule has 0 bridgehead atoms. The standard InChI is InChI=1S/C19H18BrN3O2/c1-13-16(18(24)23(21-13)14-7-3-2-4-8-14)11-15-12-17(20)19(25-15)22-9-5-6-10-22/h2-4,7-8,11-12H,5-6,9-10H2,1H3/b16-11+. The molecule has 0 N–H and O–H groups in total. The molecule has 0 saturated carbocycles. The molecule has 1 saturated heterocycles. The van der Waals surface area contributed by atoms with Crippen LogP contribution in [0.4, 0.5) is 11.6 Å². The molecule has 0 atom stereocenters. The van der Waals surface area contributed by atoms with Crippen molar-refractivity contribution in [3.63, 3.8) is 0 Å². The van der Waals surface area contributed by atoms with Gasteiger partial charge in [0.15, 0.2) is 0 Å². The first-order chi connectivity index (χ1) is 12.1. The van der Waals surface area contributed by atoms with Gasteiger partial charge in [-0.2, -0.15) is 10.1 Å². The van der Waals surface area contributed by atoms with Crippen molar-refractivity contribution >= 4 is 45.2 Å². The lowest BCUT2D eigenvalue weighted by Crippen LogP contribution is -2.21. The van der Waals surface area contributed by atoms with Gasteiger partial charge in [0.05, 0.1) is 21.4 Å².